The molecular formula is C11H22N2S. The zero-order chi connectivity index (χ0) is 10.2. The Labute approximate surface area is 91.8 Å². The molecule has 0 aromatic heterocycles. The van der Waals surface area contributed by atoms with Gasteiger partial charge in [0.25, 0.3) is 0 Å². The number of rotatable bonds is 2. The number of nitrogens with one attached hydrogen (secondary N) is 1. The van der Waals surface area contributed by atoms with Gasteiger partial charge in [-0.2, -0.15) is 11.8 Å². The van der Waals surface area contributed by atoms with Gasteiger partial charge in [0.05, 0.1) is 0 Å². The Balaban J connectivity index is 1.91. The van der Waals surface area contributed by atoms with Crippen LogP contribution in [-0.2, 0) is 0 Å². The molecule has 0 amide bonds. The van der Waals surface area contributed by atoms with Crippen molar-refractivity contribution in [3.05, 3.63) is 0 Å². The Morgan fingerprint density at radius 2 is 2.29 bits per heavy atom. The van der Waals surface area contributed by atoms with E-state index in [1.54, 1.807) is 0 Å². The number of hydrogen-bond donors (Lipinski definition) is 1. The summed E-state index contributed by atoms with van der Waals surface area (Å²) in [4.78, 5) is 2.70. The highest BCUT2D eigenvalue weighted by molar-refractivity contribution is 8.02. The molecule has 2 unspecified atom stereocenters. The Bertz CT molecular complexity index is 205. The summed E-state index contributed by atoms with van der Waals surface area (Å²) in [5.74, 6) is 1.34. The summed E-state index contributed by atoms with van der Waals surface area (Å²) >= 11 is 2.11. The van der Waals surface area contributed by atoms with E-state index < -0.39 is 0 Å². The van der Waals surface area contributed by atoms with Gasteiger partial charge in [0.15, 0.2) is 0 Å². The summed E-state index contributed by atoms with van der Waals surface area (Å²) in [6.07, 6.45) is 1.26. The van der Waals surface area contributed by atoms with E-state index in [0.29, 0.717) is 4.75 Å². The van der Waals surface area contributed by atoms with E-state index in [2.05, 4.69) is 42.7 Å². The quantitative estimate of drug-likeness (QED) is 0.751. The molecule has 2 aliphatic rings. The molecule has 0 radical (unpaired) electrons. The molecule has 2 atom stereocenters. The van der Waals surface area contributed by atoms with Crippen molar-refractivity contribution in [2.75, 3.05) is 25.4 Å². The SMILES string of the molecule is CCC1CN(C2CSC2(C)C)CCN1. The summed E-state index contributed by atoms with van der Waals surface area (Å²) in [5.41, 5.74) is 0. The second-order valence-electron chi connectivity index (χ2n) is 4.98. The van der Waals surface area contributed by atoms with Gasteiger partial charge in [-0.25, -0.2) is 0 Å². The van der Waals surface area contributed by atoms with E-state index in [0.717, 1.165) is 12.1 Å². The van der Waals surface area contributed by atoms with E-state index in [4.69, 9.17) is 0 Å². The highest BCUT2D eigenvalue weighted by atomic mass is 32.2. The highest BCUT2D eigenvalue weighted by Crippen LogP contribution is 2.43. The predicted molar refractivity (Wildman–Crippen MR) is 64.0 cm³/mol. The highest BCUT2D eigenvalue weighted by Gasteiger charge is 2.43. The third-order valence-electron chi connectivity index (χ3n) is 3.64. The third kappa shape index (κ3) is 1.95. The standard InChI is InChI=1S/C11H22N2S/c1-4-9-7-13(6-5-12-9)10-8-14-11(10,2)3/h9-10,12H,4-8H2,1-3H3. The van der Waals surface area contributed by atoms with Crippen LogP contribution >= 0.6 is 11.8 Å². The maximum Gasteiger partial charge on any atom is 0.0329 e. The summed E-state index contributed by atoms with van der Waals surface area (Å²) in [6, 6.07) is 1.55. The minimum absolute atomic E-state index is 0.496. The maximum absolute atomic E-state index is 3.58. The van der Waals surface area contributed by atoms with Gasteiger partial charge in [0.1, 0.15) is 0 Å². The van der Waals surface area contributed by atoms with Crippen LogP contribution in [0, 0.1) is 0 Å². The average Bonchev–Trinajstić information content (AvgIpc) is 2.17. The number of nitrogens with zero attached hydrogens (tertiary/aromatic N) is 1. The van der Waals surface area contributed by atoms with Crippen molar-refractivity contribution in [3.8, 4) is 0 Å². The summed E-state index contributed by atoms with van der Waals surface area (Å²) in [6.45, 7) is 10.7. The van der Waals surface area contributed by atoms with Gasteiger partial charge in [-0.15, -0.1) is 0 Å². The molecule has 2 nitrogen and oxygen atoms in total. The Hall–Kier alpha value is 0.270. The van der Waals surface area contributed by atoms with Crippen LogP contribution in [0.1, 0.15) is 27.2 Å². The molecule has 2 rings (SSSR count). The Kier molecular flexibility index (Phi) is 3.10. The molecule has 3 heteroatoms. The van der Waals surface area contributed by atoms with Crippen LogP contribution in [0.25, 0.3) is 0 Å². The van der Waals surface area contributed by atoms with Crippen molar-refractivity contribution in [1.29, 1.82) is 0 Å². The van der Waals surface area contributed by atoms with Gasteiger partial charge in [0.2, 0.25) is 0 Å². The molecule has 82 valence electrons. The first-order chi connectivity index (χ1) is 6.63. The van der Waals surface area contributed by atoms with Crippen molar-refractivity contribution >= 4 is 11.8 Å². The van der Waals surface area contributed by atoms with Crippen LogP contribution in [0.4, 0.5) is 0 Å². The Morgan fingerprint density at radius 1 is 1.50 bits per heavy atom. The largest absolute Gasteiger partial charge is 0.311 e. The molecule has 0 aromatic carbocycles. The van der Waals surface area contributed by atoms with E-state index in [1.165, 1.54) is 31.8 Å². The molecule has 14 heavy (non-hydrogen) atoms. The zero-order valence-corrected chi connectivity index (χ0v) is 10.4. The minimum atomic E-state index is 0.496. The fourth-order valence-electron chi connectivity index (χ4n) is 2.44. The van der Waals surface area contributed by atoms with Gasteiger partial charge < -0.3 is 5.32 Å². The molecule has 2 fully saturated rings. The molecular weight excluding hydrogens is 192 g/mol. The van der Waals surface area contributed by atoms with Crippen LogP contribution in [0.2, 0.25) is 0 Å². The topological polar surface area (TPSA) is 15.3 Å². The first kappa shape index (κ1) is 10.8. The lowest BCUT2D eigenvalue weighted by Crippen LogP contribution is -2.63. The van der Waals surface area contributed by atoms with Gasteiger partial charge in [-0.1, -0.05) is 6.92 Å². The summed E-state index contributed by atoms with van der Waals surface area (Å²) in [7, 11) is 0. The number of piperazine rings is 1. The molecule has 0 saturated carbocycles. The fourth-order valence-corrected chi connectivity index (χ4v) is 3.79. The van der Waals surface area contributed by atoms with Crippen molar-refractivity contribution in [2.45, 2.75) is 44.0 Å². The normalized spacial score (nSPS) is 37.9. The van der Waals surface area contributed by atoms with Gasteiger partial charge in [0, 0.05) is 42.2 Å². The molecule has 2 heterocycles. The molecule has 1 N–H and O–H groups in total. The third-order valence-corrected chi connectivity index (χ3v) is 5.13. The van der Waals surface area contributed by atoms with E-state index in [1.807, 2.05) is 0 Å². The summed E-state index contributed by atoms with van der Waals surface area (Å²) < 4.78 is 0.496. The van der Waals surface area contributed by atoms with E-state index in [9.17, 15) is 0 Å². The van der Waals surface area contributed by atoms with Crippen molar-refractivity contribution in [2.24, 2.45) is 0 Å². The Morgan fingerprint density at radius 3 is 2.79 bits per heavy atom. The fraction of sp³-hybridized carbons (Fsp3) is 1.00. The van der Waals surface area contributed by atoms with E-state index in [-0.39, 0.29) is 0 Å². The number of thioether (sulfide) groups is 1. The lowest BCUT2D eigenvalue weighted by atomic mass is 9.99. The van der Waals surface area contributed by atoms with Crippen LogP contribution in [-0.4, -0.2) is 47.1 Å². The van der Waals surface area contributed by atoms with Crippen molar-refractivity contribution in [1.82, 2.24) is 10.2 Å². The smallest absolute Gasteiger partial charge is 0.0329 e. The monoisotopic (exact) mass is 214 g/mol. The van der Waals surface area contributed by atoms with Crippen molar-refractivity contribution < 1.29 is 0 Å². The van der Waals surface area contributed by atoms with Crippen LogP contribution in [0.15, 0.2) is 0 Å². The molecule has 0 aliphatic carbocycles. The molecule has 0 bridgehead atoms. The van der Waals surface area contributed by atoms with Crippen LogP contribution < -0.4 is 5.32 Å². The van der Waals surface area contributed by atoms with Gasteiger partial charge in [-0.3, -0.25) is 4.90 Å². The van der Waals surface area contributed by atoms with Gasteiger partial charge in [-0.05, 0) is 20.3 Å². The first-order valence-electron chi connectivity index (χ1n) is 5.75. The lowest BCUT2D eigenvalue weighted by Gasteiger charge is -2.52. The molecule has 2 saturated heterocycles. The zero-order valence-electron chi connectivity index (χ0n) is 9.55. The van der Waals surface area contributed by atoms with Crippen molar-refractivity contribution in [3.63, 3.8) is 0 Å². The average molecular weight is 214 g/mol. The molecule has 0 aromatic rings. The summed E-state index contributed by atoms with van der Waals surface area (Å²) in [5, 5.41) is 3.58. The lowest BCUT2D eigenvalue weighted by molar-refractivity contribution is 0.125. The molecule has 0 spiro atoms. The maximum atomic E-state index is 3.58. The van der Waals surface area contributed by atoms with E-state index >= 15 is 0 Å². The van der Waals surface area contributed by atoms with Crippen LogP contribution in [0.3, 0.4) is 0 Å². The first-order valence-corrected chi connectivity index (χ1v) is 6.73. The molecule has 2 aliphatic heterocycles. The predicted octanol–water partition coefficient (Wildman–Crippen LogP) is 1.56. The second kappa shape index (κ2) is 4.03. The minimum Gasteiger partial charge on any atom is -0.311 e. The van der Waals surface area contributed by atoms with Gasteiger partial charge >= 0.3 is 0 Å². The van der Waals surface area contributed by atoms with Crippen LogP contribution in [0.5, 0.6) is 0 Å². The second-order valence-corrected chi connectivity index (χ2v) is 6.66. The number of hydrogen-bond acceptors (Lipinski definition) is 3.